The van der Waals surface area contributed by atoms with Crippen molar-refractivity contribution >= 4 is 5.91 Å². The standard InChI is InChI=1S/C11H22N2O/c1-8(2)9(3)7-13-11(14)10-5-4-6-12-10/h8-10,12H,4-7H2,1-3H3,(H,13,14). The number of nitrogens with one attached hydrogen (secondary N) is 2. The molecule has 0 aromatic carbocycles. The average Bonchev–Trinajstić information content (AvgIpc) is 2.66. The molecule has 2 unspecified atom stereocenters. The quantitative estimate of drug-likeness (QED) is 0.711. The van der Waals surface area contributed by atoms with Crippen LogP contribution in [0.3, 0.4) is 0 Å². The Labute approximate surface area is 86.6 Å². The lowest BCUT2D eigenvalue weighted by Gasteiger charge is -2.18. The highest BCUT2D eigenvalue weighted by atomic mass is 16.2. The fourth-order valence-corrected chi connectivity index (χ4v) is 1.53. The summed E-state index contributed by atoms with van der Waals surface area (Å²) in [6.45, 7) is 8.33. The number of rotatable bonds is 4. The minimum Gasteiger partial charge on any atom is -0.354 e. The number of carbonyl (C=O) groups excluding carboxylic acids is 1. The van der Waals surface area contributed by atoms with Gasteiger partial charge in [0.25, 0.3) is 0 Å². The summed E-state index contributed by atoms with van der Waals surface area (Å²) < 4.78 is 0. The number of amides is 1. The van der Waals surface area contributed by atoms with Gasteiger partial charge in [-0.15, -0.1) is 0 Å². The van der Waals surface area contributed by atoms with Crippen LogP contribution in [0.25, 0.3) is 0 Å². The summed E-state index contributed by atoms with van der Waals surface area (Å²) in [5, 5.41) is 6.20. The van der Waals surface area contributed by atoms with Gasteiger partial charge in [0.15, 0.2) is 0 Å². The van der Waals surface area contributed by atoms with Crippen LogP contribution >= 0.6 is 0 Å². The average molecular weight is 198 g/mol. The first-order valence-corrected chi connectivity index (χ1v) is 5.62. The third-order valence-corrected chi connectivity index (χ3v) is 3.11. The van der Waals surface area contributed by atoms with E-state index in [9.17, 15) is 4.79 Å². The first-order valence-electron chi connectivity index (χ1n) is 5.62. The van der Waals surface area contributed by atoms with Crippen molar-refractivity contribution in [2.24, 2.45) is 11.8 Å². The molecule has 1 aliphatic rings. The molecule has 2 atom stereocenters. The summed E-state index contributed by atoms with van der Waals surface area (Å²) in [5.41, 5.74) is 0. The smallest absolute Gasteiger partial charge is 0.237 e. The summed E-state index contributed by atoms with van der Waals surface area (Å²) in [4.78, 5) is 11.6. The maximum atomic E-state index is 11.6. The minimum absolute atomic E-state index is 0.0642. The SMILES string of the molecule is CC(C)C(C)CNC(=O)C1CCCN1. The molecule has 0 aromatic heterocycles. The molecule has 0 radical (unpaired) electrons. The zero-order chi connectivity index (χ0) is 10.6. The normalized spacial score (nSPS) is 23.9. The molecule has 1 heterocycles. The van der Waals surface area contributed by atoms with Crippen molar-refractivity contribution in [1.82, 2.24) is 10.6 Å². The molecule has 14 heavy (non-hydrogen) atoms. The number of hydrogen-bond donors (Lipinski definition) is 2. The zero-order valence-corrected chi connectivity index (χ0v) is 9.47. The van der Waals surface area contributed by atoms with Gasteiger partial charge in [-0.3, -0.25) is 4.79 Å². The lowest BCUT2D eigenvalue weighted by Crippen LogP contribution is -2.42. The van der Waals surface area contributed by atoms with E-state index in [4.69, 9.17) is 0 Å². The summed E-state index contributed by atoms with van der Waals surface area (Å²) in [7, 11) is 0. The van der Waals surface area contributed by atoms with Gasteiger partial charge in [0, 0.05) is 6.54 Å². The van der Waals surface area contributed by atoms with E-state index in [-0.39, 0.29) is 11.9 Å². The van der Waals surface area contributed by atoms with E-state index in [0.29, 0.717) is 11.8 Å². The van der Waals surface area contributed by atoms with E-state index >= 15 is 0 Å². The van der Waals surface area contributed by atoms with Crippen molar-refractivity contribution in [2.75, 3.05) is 13.1 Å². The highest BCUT2D eigenvalue weighted by Gasteiger charge is 2.22. The van der Waals surface area contributed by atoms with Crippen LogP contribution < -0.4 is 10.6 Å². The van der Waals surface area contributed by atoms with Crippen LogP contribution in [0.15, 0.2) is 0 Å². The highest BCUT2D eigenvalue weighted by Crippen LogP contribution is 2.09. The number of carbonyl (C=O) groups is 1. The zero-order valence-electron chi connectivity index (χ0n) is 9.47. The third-order valence-electron chi connectivity index (χ3n) is 3.11. The third kappa shape index (κ3) is 3.29. The van der Waals surface area contributed by atoms with Gasteiger partial charge in [0.05, 0.1) is 6.04 Å². The second kappa shape index (κ2) is 5.35. The fourth-order valence-electron chi connectivity index (χ4n) is 1.53. The lowest BCUT2D eigenvalue weighted by molar-refractivity contribution is -0.123. The topological polar surface area (TPSA) is 41.1 Å². The monoisotopic (exact) mass is 198 g/mol. The van der Waals surface area contributed by atoms with Gasteiger partial charge < -0.3 is 10.6 Å². The predicted molar refractivity (Wildman–Crippen MR) is 58.0 cm³/mol. The molecule has 1 amide bonds. The van der Waals surface area contributed by atoms with Crippen LogP contribution in [-0.4, -0.2) is 25.0 Å². The highest BCUT2D eigenvalue weighted by molar-refractivity contribution is 5.81. The van der Waals surface area contributed by atoms with E-state index < -0.39 is 0 Å². The van der Waals surface area contributed by atoms with Crippen LogP contribution in [0.5, 0.6) is 0 Å². The maximum absolute atomic E-state index is 11.6. The van der Waals surface area contributed by atoms with Gasteiger partial charge in [-0.2, -0.15) is 0 Å². The Kier molecular flexibility index (Phi) is 4.39. The van der Waals surface area contributed by atoms with E-state index in [0.717, 1.165) is 25.9 Å². The summed E-state index contributed by atoms with van der Waals surface area (Å²) >= 11 is 0. The predicted octanol–water partition coefficient (Wildman–Crippen LogP) is 1.15. The Hall–Kier alpha value is -0.570. The Bertz CT molecular complexity index is 186. The Balaban J connectivity index is 2.20. The molecule has 0 aliphatic carbocycles. The molecule has 1 saturated heterocycles. The maximum Gasteiger partial charge on any atom is 0.237 e. The fraction of sp³-hybridized carbons (Fsp3) is 0.909. The molecule has 0 bridgehead atoms. The number of hydrogen-bond acceptors (Lipinski definition) is 2. The molecule has 3 heteroatoms. The molecule has 1 fully saturated rings. The Morgan fingerprint density at radius 1 is 1.50 bits per heavy atom. The molecule has 0 spiro atoms. The van der Waals surface area contributed by atoms with Crippen molar-refractivity contribution in [1.29, 1.82) is 0 Å². The van der Waals surface area contributed by atoms with Gasteiger partial charge >= 0.3 is 0 Å². The van der Waals surface area contributed by atoms with Crippen LogP contribution in [0.2, 0.25) is 0 Å². The van der Waals surface area contributed by atoms with Crippen molar-refractivity contribution in [2.45, 2.75) is 39.7 Å². The Morgan fingerprint density at radius 2 is 2.21 bits per heavy atom. The van der Waals surface area contributed by atoms with Gasteiger partial charge in [0.1, 0.15) is 0 Å². The van der Waals surface area contributed by atoms with Crippen molar-refractivity contribution in [3.63, 3.8) is 0 Å². The molecule has 1 aliphatic heterocycles. The summed E-state index contributed by atoms with van der Waals surface area (Å²) in [6, 6.07) is 0.0642. The van der Waals surface area contributed by atoms with E-state index in [1.165, 1.54) is 0 Å². The van der Waals surface area contributed by atoms with E-state index in [1.54, 1.807) is 0 Å². The molecule has 2 N–H and O–H groups in total. The molecule has 0 aromatic rings. The van der Waals surface area contributed by atoms with Crippen LogP contribution in [0, 0.1) is 11.8 Å². The lowest BCUT2D eigenvalue weighted by atomic mass is 9.98. The largest absolute Gasteiger partial charge is 0.354 e. The minimum atomic E-state index is 0.0642. The summed E-state index contributed by atoms with van der Waals surface area (Å²) in [6.07, 6.45) is 2.11. The van der Waals surface area contributed by atoms with E-state index in [2.05, 4.69) is 31.4 Å². The van der Waals surface area contributed by atoms with Crippen molar-refractivity contribution in [3.05, 3.63) is 0 Å². The molecule has 82 valence electrons. The molecule has 0 saturated carbocycles. The van der Waals surface area contributed by atoms with Crippen molar-refractivity contribution in [3.8, 4) is 0 Å². The molecular formula is C11H22N2O. The van der Waals surface area contributed by atoms with Gasteiger partial charge in [-0.1, -0.05) is 20.8 Å². The van der Waals surface area contributed by atoms with Gasteiger partial charge in [-0.25, -0.2) is 0 Å². The first-order chi connectivity index (χ1) is 6.61. The van der Waals surface area contributed by atoms with E-state index in [1.807, 2.05) is 0 Å². The van der Waals surface area contributed by atoms with Crippen LogP contribution in [0.1, 0.15) is 33.6 Å². The second-order valence-corrected chi connectivity index (χ2v) is 4.62. The first kappa shape index (κ1) is 11.5. The van der Waals surface area contributed by atoms with Crippen molar-refractivity contribution < 1.29 is 4.79 Å². The molecule has 1 rings (SSSR count). The van der Waals surface area contributed by atoms with Crippen LogP contribution in [0.4, 0.5) is 0 Å². The summed E-state index contributed by atoms with van der Waals surface area (Å²) in [5.74, 6) is 1.36. The molecule has 3 nitrogen and oxygen atoms in total. The molecular weight excluding hydrogens is 176 g/mol. The second-order valence-electron chi connectivity index (χ2n) is 4.62. The van der Waals surface area contributed by atoms with Crippen LogP contribution in [-0.2, 0) is 4.79 Å². The van der Waals surface area contributed by atoms with Gasteiger partial charge in [-0.05, 0) is 31.2 Å². The van der Waals surface area contributed by atoms with Gasteiger partial charge in [0.2, 0.25) is 5.91 Å². The Morgan fingerprint density at radius 3 is 2.71 bits per heavy atom.